The molecule has 9 heteroatoms. The van der Waals surface area contributed by atoms with Gasteiger partial charge in [0.15, 0.2) is 0 Å². The maximum Gasteiger partial charge on any atom is 0.272 e. The van der Waals surface area contributed by atoms with Crippen molar-refractivity contribution in [2.24, 2.45) is 40.9 Å². The monoisotopic (exact) mass is 603 g/mol. The van der Waals surface area contributed by atoms with Gasteiger partial charge in [-0.15, -0.1) is 5.73 Å². The van der Waals surface area contributed by atoms with Crippen molar-refractivity contribution in [3.8, 4) is 0 Å². The average molecular weight is 604 g/mol. The van der Waals surface area contributed by atoms with Gasteiger partial charge in [0.05, 0.1) is 43.6 Å². The zero-order chi connectivity index (χ0) is 29.8. The summed E-state index contributed by atoms with van der Waals surface area (Å²) in [5, 5.41) is 17.7. The number of likely N-dealkylation sites (tertiary alicyclic amines) is 1. The third-order valence-electron chi connectivity index (χ3n) is 13.1. The summed E-state index contributed by atoms with van der Waals surface area (Å²) >= 11 is 0. The molecule has 238 valence electrons. The highest BCUT2D eigenvalue weighted by molar-refractivity contribution is 5.46. The summed E-state index contributed by atoms with van der Waals surface area (Å²) in [4.78, 5) is 2.05. The first-order chi connectivity index (χ1) is 20.5. The van der Waals surface area contributed by atoms with Gasteiger partial charge in [-0.3, -0.25) is 10.2 Å². The average Bonchev–Trinajstić information content (AvgIpc) is 3.70. The number of nitrogens with zero attached hydrogens (tertiary/aromatic N) is 1. The summed E-state index contributed by atoms with van der Waals surface area (Å²) in [6, 6.07) is 0. The number of rotatable bonds is 10. The molecule has 43 heavy (non-hydrogen) atoms. The molecule has 0 aromatic rings. The Hall–Kier alpha value is -1.35. The SMILES string of the molecule is CC1C(C2COCC2C2(N3CC(F)(F)C3)CC2)C=CC23CC12C=C=C(C(CNC(O)OC1CC(C)(F)C1)C1CCCC1)N3. The van der Waals surface area contributed by atoms with E-state index in [0.29, 0.717) is 62.2 Å². The molecule has 8 atom stereocenters. The maximum atomic E-state index is 13.9. The number of aliphatic hydroxyl groups is 1. The predicted molar refractivity (Wildman–Crippen MR) is 156 cm³/mol. The van der Waals surface area contributed by atoms with Gasteiger partial charge in [0.25, 0.3) is 5.92 Å². The standard InChI is InChI=1S/C34H48F3N3O3/c1-21-24(26-16-42-17-27(26)32(11-12-32)40-19-34(36,37)20-40)7-10-33-18-31(21,33)9-8-28(39-33)25(22-5-3-4-6-22)15-38-29(41)43-23-13-30(2,35)14-23/h7,9-10,21-27,29,38-39,41H,3-6,11-20H2,1-2H3. The summed E-state index contributed by atoms with van der Waals surface area (Å²) < 4.78 is 53.3. The van der Waals surface area contributed by atoms with Crippen LogP contribution in [0.2, 0.25) is 0 Å². The van der Waals surface area contributed by atoms with Gasteiger partial charge in [0.1, 0.15) is 5.67 Å². The summed E-state index contributed by atoms with van der Waals surface area (Å²) in [6.07, 6.45) is 14.3. The van der Waals surface area contributed by atoms with Crippen LogP contribution in [0.1, 0.15) is 71.6 Å². The molecule has 8 aliphatic rings. The van der Waals surface area contributed by atoms with Gasteiger partial charge in [-0.05, 0) is 68.8 Å². The van der Waals surface area contributed by atoms with Crippen molar-refractivity contribution in [1.82, 2.24) is 15.5 Å². The first-order valence-electron chi connectivity index (χ1n) is 16.9. The molecule has 3 heterocycles. The van der Waals surface area contributed by atoms with Crippen LogP contribution in [0, 0.1) is 40.9 Å². The van der Waals surface area contributed by atoms with Crippen LogP contribution in [0.3, 0.4) is 0 Å². The number of halogens is 3. The zero-order valence-electron chi connectivity index (χ0n) is 25.6. The third kappa shape index (κ3) is 4.70. The van der Waals surface area contributed by atoms with Crippen LogP contribution in [0.15, 0.2) is 29.7 Å². The number of hydrogen-bond acceptors (Lipinski definition) is 6. The van der Waals surface area contributed by atoms with E-state index >= 15 is 0 Å². The molecular formula is C34H48F3N3O3. The highest BCUT2D eigenvalue weighted by Gasteiger charge is 2.73. The van der Waals surface area contributed by atoms with Crippen molar-refractivity contribution in [1.29, 1.82) is 0 Å². The Morgan fingerprint density at radius 1 is 1.19 bits per heavy atom. The van der Waals surface area contributed by atoms with Gasteiger partial charge >= 0.3 is 0 Å². The van der Waals surface area contributed by atoms with Crippen molar-refractivity contribution in [2.75, 3.05) is 32.8 Å². The Labute approximate surface area is 253 Å². The van der Waals surface area contributed by atoms with Crippen LogP contribution in [-0.4, -0.2) is 78.0 Å². The van der Waals surface area contributed by atoms with Crippen LogP contribution < -0.4 is 10.6 Å². The lowest BCUT2D eigenvalue weighted by Gasteiger charge is -2.49. The van der Waals surface area contributed by atoms with Crippen LogP contribution >= 0.6 is 0 Å². The van der Waals surface area contributed by atoms with Gasteiger partial charge in [-0.1, -0.05) is 31.9 Å². The van der Waals surface area contributed by atoms with Crippen LogP contribution in [0.4, 0.5) is 13.2 Å². The minimum absolute atomic E-state index is 0.00305. The lowest BCUT2D eigenvalue weighted by atomic mass is 9.64. The predicted octanol–water partition coefficient (Wildman–Crippen LogP) is 4.90. The number of aliphatic hydroxyl groups excluding tert-OH is 1. The van der Waals surface area contributed by atoms with E-state index in [-0.39, 0.29) is 41.6 Å². The van der Waals surface area contributed by atoms with E-state index < -0.39 is 18.0 Å². The molecule has 0 amide bonds. The van der Waals surface area contributed by atoms with E-state index in [2.05, 4.69) is 46.4 Å². The Morgan fingerprint density at radius 3 is 2.60 bits per heavy atom. The Kier molecular flexibility index (Phi) is 6.64. The fraction of sp³-hybridized carbons (Fsp3) is 0.853. The molecule has 3 N–H and O–H groups in total. The smallest absolute Gasteiger partial charge is 0.272 e. The highest BCUT2D eigenvalue weighted by Crippen LogP contribution is 2.70. The molecule has 0 bridgehead atoms. The quantitative estimate of drug-likeness (QED) is 0.188. The van der Waals surface area contributed by atoms with E-state index in [1.807, 2.05) is 0 Å². The molecule has 6 nitrogen and oxygen atoms in total. The maximum absolute atomic E-state index is 13.9. The molecular weight excluding hydrogens is 555 g/mol. The third-order valence-corrected chi connectivity index (χ3v) is 13.1. The lowest BCUT2D eigenvalue weighted by molar-refractivity contribution is -0.200. The summed E-state index contributed by atoms with van der Waals surface area (Å²) in [5.74, 6) is -0.442. The fourth-order valence-corrected chi connectivity index (χ4v) is 10.4. The molecule has 0 radical (unpaired) electrons. The Balaban J connectivity index is 0.974. The molecule has 6 fully saturated rings. The molecule has 0 spiro atoms. The minimum atomic E-state index is -2.54. The van der Waals surface area contributed by atoms with E-state index in [1.165, 1.54) is 25.7 Å². The van der Waals surface area contributed by atoms with Crippen molar-refractivity contribution in [2.45, 2.75) is 107 Å². The Morgan fingerprint density at radius 2 is 1.93 bits per heavy atom. The zero-order valence-corrected chi connectivity index (χ0v) is 25.6. The van der Waals surface area contributed by atoms with Crippen LogP contribution in [0.25, 0.3) is 0 Å². The first kappa shape index (κ1) is 29.1. The summed E-state index contributed by atoms with van der Waals surface area (Å²) in [6.45, 7) is 5.73. The molecule has 4 saturated carbocycles. The van der Waals surface area contributed by atoms with Crippen molar-refractivity contribution in [3.05, 3.63) is 29.7 Å². The number of nitrogens with one attached hydrogen (secondary N) is 2. The van der Waals surface area contributed by atoms with Gasteiger partial charge in [-0.2, -0.15) is 0 Å². The largest absolute Gasteiger partial charge is 0.381 e. The van der Waals surface area contributed by atoms with Crippen LogP contribution in [0.5, 0.6) is 0 Å². The second-order valence-electron chi connectivity index (χ2n) is 15.9. The fourth-order valence-electron chi connectivity index (χ4n) is 10.4. The molecule has 8 rings (SSSR count). The molecule has 0 aromatic carbocycles. The summed E-state index contributed by atoms with van der Waals surface area (Å²) in [7, 11) is 0. The molecule has 0 aromatic heterocycles. The van der Waals surface area contributed by atoms with Gasteiger partial charge in [0.2, 0.25) is 6.41 Å². The highest BCUT2D eigenvalue weighted by atomic mass is 19.3. The molecule has 8 unspecified atom stereocenters. The normalized spacial score (nSPS) is 47.0. The van der Waals surface area contributed by atoms with Crippen molar-refractivity contribution in [3.63, 3.8) is 0 Å². The van der Waals surface area contributed by atoms with Gasteiger partial charge in [0, 0.05) is 42.2 Å². The number of ether oxygens (including phenoxy) is 2. The van der Waals surface area contributed by atoms with Gasteiger partial charge in [-0.25, -0.2) is 13.2 Å². The van der Waals surface area contributed by atoms with E-state index in [4.69, 9.17) is 9.47 Å². The Bertz CT molecular complexity index is 1210. The van der Waals surface area contributed by atoms with Crippen molar-refractivity contribution >= 4 is 0 Å². The minimum Gasteiger partial charge on any atom is -0.381 e. The number of hydrogen-bond donors (Lipinski definition) is 3. The number of alkyl halides is 3. The van der Waals surface area contributed by atoms with Crippen LogP contribution in [-0.2, 0) is 9.47 Å². The van der Waals surface area contributed by atoms with Gasteiger partial charge < -0.3 is 19.9 Å². The van der Waals surface area contributed by atoms with E-state index in [1.54, 1.807) is 6.92 Å². The summed E-state index contributed by atoms with van der Waals surface area (Å²) in [5.41, 5.74) is 3.45. The molecule has 5 aliphatic carbocycles. The second-order valence-corrected chi connectivity index (χ2v) is 15.9. The van der Waals surface area contributed by atoms with Crippen molar-refractivity contribution < 1.29 is 27.8 Å². The second kappa shape index (κ2) is 9.83. The molecule has 3 aliphatic heterocycles. The first-order valence-corrected chi connectivity index (χ1v) is 16.9. The van der Waals surface area contributed by atoms with E-state index in [0.717, 1.165) is 25.0 Å². The molecule has 2 saturated heterocycles. The lowest BCUT2D eigenvalue weighted by Crippen LogP contribution is -2.63. The number of allylic oxidation sites excluding steroid dienone is 1. The topological polar surface area (TPSA) is 66.0 Å². The van der Waals surface area contributed by atoms with E-state index in [9.17, 15) is 18.3 Å².